The van der Waals surface area contributed by atoms with Crippen molar-refractivity contribution in [2.24, 2.45) is 5.89 Å². The fraction of sp³-hybridized carbons (Fsp3) is 0.882. The SMILES string of the molecule is [2H][C@@H]1[C@@H](CO[Si](C)(C)C(C)(C)C)N(C(=O)OC(C)(C)C)C(=O)[C@@]1([2H])[13CH3]. The van der Waals surface area contributed by atoms with Gasteiger partial charge in [-0.15, -0.1) is 0 Å². The Morgan fingerprint density at radius 3 is 2.30 bits per heavy atom. The molecule has 1 rings (SSSR count). The smallest absolute Gasteiger partial charge is 0.417 e. The minimum absolute atomic E-state index is 0.0336. The van der Waals surface area contributed by atoms with Gasteiger partial charge in [-0.05, 0) is 45.3 Å². The normalized spacial score (nSPS) is 31.0. The number of rotatable bonds is 3. The lowest BCUT2D eigenvalue weighted by atomic mass is 10.1. The van der Waals surface area contributed by atoms with Gasteiger partial charge in [-0.1, -0.05) is 27.7 Å². The summed E-state index contributed by atoms with van der Waals surface area (Å²) in [5.74, 6) is -2.40. The second kappa shape index (κ2) is 6.55. The van der Waals surface area contributed by atoms with Crippen molar-refractivity contribution >= 4 is 20.3 Å². The van der Waals surface area contributed by atoms with Gasteiger partial charge >= 0.3 is 6.09 Å². The molecule has 0 radical (unpaired) electrons. The molecule has 134 valence electrons. The molecule has 3 atom stereocenters. The summed E-state index contributed by atoms with van der Waals surface area (Å²) in [6.45, 7) is 17.0. The van der Waals surface area contributed by atoms with Crippen molar-refractivity contribution in [2.45, 2.75) is 84.6 Å². The highest BCUT2D eigenvalue weighted by Gasteiger charge is 2.45. The van der Waals surface area contributed by atoms with Crippen LogP contribution < -0.4 is 0 Å². The van der Waals surface area contributed by atoms with E-state index in [2.05, 4.69) is 33.9 Å². The molecule has 0 aromatic heterocycles. The van der Waals surface area contributed by atoms with Crippen molar-refractivity contribution in [2.75, 3.05) is 6.61 Å². The quantitative estimate of drug-likeness (QED) is 0.568. The number of imide groups is 1. The van der Waals surface area contributed by atoms with E-state index in [4.69, 9.17) is 11.9 Å². The van der Waals surface area contributed by atoms with Gasteiger partial charge in [-0.3, -0.25) is 4.79 Å². The van der Waals surface area contributed by atoms with Crippen molar-refractivity contribution in [1.82, 2.24) is 4.90 Å². The third kappa shape index (κ3) is 5.04. The Hall–Kier alpha value is -0.883. The van der Waals surface area contributed by atoms with Crippen LogP contribution in [-0.4, -0.2) is 43.5 Å². The summed E-state index contributed by atoms with van der Waals surface area (Å²) >= 11 is 0. The molecule has 23 heavy (non-hydrogen) atoms. The average Bonchev–Trinajstić information content (AvgIpc) is 2.54. The van der Waals surface area contributed by atoms with Gasteiger partial charge < -0.3 is 9.16 Å². The topological polar surface area (TPSA) is 55.8 Å². The van der Waals surface area contributed by atoms with Gasteiger partial charge in [0.25, 0.3) is 0 Å². The number of nitrogens with zero attached hydrogens (tertiary/aromatic N) is 1. The maximum absolute atomic E-state index is 12.6. The third-order valence-corrected chi connectivity index (χ3v) is 8.84. The molecule has 0 saturated carbocycles. The Balaban J connectivity index is 3.07. The van der Waals surface area contributed by atoms with E-state index in [0.29, 0.717) is 0 Å². The zero-order valence-electron chi connectivity index (χ0n) is 17.9. The predicted molar refractivity (Wildman–Crippen MR) is 93.8 cm³/mol. The Morgan fingerprint density at radius 2 is 1.87 bits per heavy atom. The second-order valence-corrected chi connectivity index (χ2v) is 13.5. The number of hydrogen-bond donors (Lipinski definition) is 0. The van der Waals surface area contributed by atoms with E-state index < -0.39 is 44.3 Å². The highest BCUT2D eigenvalue weighted by atomic mass is 28.4. The van der Waals surface area contributed by atoms with Crippen LogP contribution in [-0.2, 0) is 14.0 Å². The highest BCUT2D eigenvalue weighted by molar-refractivity contribution is 6.74. The van der Waals surface area contributed by atoms with E-state index in [1.165, 1.54) is 6.92 Å². The van der Waals surface area contributed by atoms with Crippen molar-refractivity contribution in [1.29, 1.82) is 0 Å². The van der Waals surface area contributed by atoms with Gasteiger partial charge in [0.05, 0.1) is 12.6 Å². The van der Waals surface area contributed by atoms with Crippen LogP contribution in [0.15, 0.2) is 0 Å². The fourth-order valence-corrected chi connectivity index (χ4v) is 2.96. The first-order valence-electron chi connectivity index (χ1n) is 9.12. The minimum atomic E-state index is -2.12. The van der Waals surface area contributed by atoms with Gasteiger partial charge in [-0.2, -0.15) is 0 Å². The lowest BCUT2D eigenvalue weighted by Crippen LogP contribution is -2.48. The first-order valence-corrected chi connectivity index (χ1v) is 11.0. The number of likely N-dealkylation sites (tertiary alicyclic amines) is 1. The summed E-state index contributed by atoms with van der Waals surface area (Å²) in [7, 11) is -2.12. The van der Waals surface area contributed by atoms with Gasteiger partial charge in [0.1, 0.15) is 5.60 Å². The van der Waals surface area contributed by atoms with E-state index >= 15 is 0 Å². The van der Waals surface area contributed by atoms with Gasteiger partial charge in [-0.25, -0.2) is 9.69 Å². The average molecular weight is 347 g/mol. The van der Waals surface area contributed by atoms with Crippen LogP contribution >= 0.6 is 0 Å². The first kappa shape index (κ1) is 17.0. The lowest BCUT2D eigenvalue weighted by molar-refractivity contribution is -0.131. The van der Waals surface area contributed by atoms with Crippen LogP contribution in [0.5, 0.6) is 0 Å². The summed E-state index contributed by atoms with van der Waals surface area (Å²) < 4.78 is 28.0. The van der Waals surface area contributed by atoms with Crippen molar-refractivity contribution < 1.29 is 21.5 Å². The molecule has 0 spiro atoms. The molecule has 1 saturated heterocycles. The molecule has 5 nitrogen and oxygen atoms in total. The van der Waals surface area contributed by atoms with E-state index in [0.717, 1.165) is 4.90 Å². The van der Waals surface area contributed by atoms with Crippen LogP contribution in [0.3, 0.4) is 0 Å². The zero-order valence-corrected chi connectivity index (χ0v) is 16.9. The first-order chi connectivity index (χ1) is 10.9. The molecular weight excluding hydrogens is 311 g/mol. The van der Waals surface area contributed by atoms with E-state index in [-0.39, 0.29) is 11.6 Å². The van der Waals surface area contributed by atoms with Crippen LogP contribution in [0.25, 0.3) is 0 Å². The molecule has 0 aromatic rings. The summed E-state index contributed by atoms with van der Waals surface area (Å²) in [4.78, 5) is 26.0. The zero-order chi connectivity index (χ0) is 20.0. The predicted octanol–water partition coefficient (Wildman–Crippen LogP) is 4.18. The molecule has 1 aliphatic rings. The summed E-state index contributed by atoms with van der Waals surface area (Å²) in [5, 5.41) is -0.0336. The molecule has 1 fully saturated rings. The van der Waals surface area contributed by atoms with E-state index in [1.807, 2.05) is 0 Å². The van der Waals surface area contributed by atoms with Gasteiger partial charge in [0, 0.05) is 8.64 Å². The van der Waals surface area contributed by atoms with Crippen LogP contribution in [0, 0.1) is 5.89 Å². The number of ether oxygens (including phenoxy) is 1. The van der Waals surface area contributed by atoms with Crippen LogP contribution in [0.4, 0.5) is 4.79 Å². The standard InChI is InChI=1S/C17H33NO4Si/c1-12-10-13(11-21-23(8,9)17(5,6)7)18(14(12)19)15(20)22-16(2,3)4/h12-13H,10-11H2,1-9H3/t12-,13-/m0/s1/i1+1,10D,12D/t10-,12-,13-. The molecule has 6 heteroatoms. The van der Waals surface area contributed by atoms with Crippen LogP contribution in [0.2, 0.25) is 18.1 Å². The number of carbonyl (C=O) groups is 2. The number of carbonyl (C=O) groups excluding carboxylic acids is 2. The Labute approximate surface area is 144 Å². The van der Waals surface area contributed by atoms with Crippen molar-refractivity contribution in [3.8, 4) is 0 Å². The minimum Gasteiger partial charge on any atom is -0.443 e. The van der Waals surface area contributed by atoms with Crippen molar-refractivity contribution in [3.63, 3.8) is 0 Å². The largest absolute Gasteiger partial charge is 0.443 e. The van der Waals surface area contributed by atoms with Crippen molar-refractivity contribution in [3.05, 3.63) is 0 Å². The van der Waals surface area contributed by atoms with Gasteiger partial charge in [0.15, 0.2) is 8.32 Å². The molecule has 0 aliphatic carbocycles. The summed E-state index contributed by atoms with van der Waals surface area (Å²) in [5.41, 5.74) is -0.763. The molecule has 0 aromatic carbocycles. The molecule has 0 N–H and O–H groups in total. The maximum atomic E-state index is 12.6. The van der Waals surface area contributed by atoms with Gasteiger partial charge in [0.2, 0.25) is 5.91 Å². The third-order valence-electron chi connectivity index (χ3n) is 4.34. The molecule has 0 unspecified atom stereocenters. The van der Waals surface area contributed by atoms with Crippen LogP contribution in [0.1, 0.15) is 57.6 Å². The molecule has 1 aliphatic heterocycles. The molecule has 0 bridgehead atoms. The number of amides is 2. The summed E-state index contributed by atoms with van der Waals surface area (Å²) in [6, 6.07) is -0.820. The Morgan fingerprint density at radius 1 is 1.35 bits per heavy atom. The molecule has 2 amide bonds. The fourth-order valence-electron chi connectivity index (χ4n) is 1.94. The molecular formula is C17H33NO4Si. The highest BCUT2D eigenvalue weighted by Crippen LogP contribution is 2.37. The Kier molecular flexibility index (Phi) is 4.83. The monoisotopic (exact) mass is 346 g/mol. The van der Waals surface area contributed by atoms with E-state index in [9.17, 15) is 9.59 Å². The summed E-state index contributed by atoms with van der Waals surface area (Å²) in [6.07, 6.45) is -1.90. The maximum Gasteiger partial charge on any atom is 0.417 e. The lowest BCUT2D eigenvalue weighted by Gasteiger charge is -2.37. The second-order valence-electron chi connectivity index (χ2n) is 8.64. The molecule has 1 heterocycles. The Bertz CT molecular complexity index is 538. The van der Waals surface area contributed by atoms with E-state index in [1.54, 1.807) is 20.8 Å². The number of hydrogen-bond acceptors (Lipinski definition) is 4.